The molecule has 1 unspecified atom stereocenters. The summed E-state index contributed by atoms with van der Waals surface area (Å²) in [4.78, 5) is 19.5. The first kappa shape index (κ1) is 13.3. The van der Waals surface area contributed by atoms with E-state index in [4.69, 9.17) is 0 Å². The zero-order valence-corrected chi connectivity index (χ0v) is 11.5. The lowest BCUT2D eigenvalue weighted by Crippen LogP contribution is -2.29. The summed E-state index contributed by atoms with van der Waals surface area (Å²) in [5, 5.41) is 3.01. The average molecular weight is 257 g/mol. The van der Waals surface area contributed by atoms with Gasteiger partial charge in [-0.2, -0.15) is 0 Å². The molecule has 0 aliphatic carbocycles. The predicted molar refractivity (Wildman–Crippen MR) is 75.0 cm³/mol. The van der Waals surface area contributed by atoms with E-state index >= 15 is 0 Å². The lowest BCUT2D eigenvalue weighted by Gasteiger charge is -2.15. The summed E-state index contributed by atoms with van der Waals surface area (Å²) in [6.07, 6.45) is 4.26. The third kappa shape index (κ3) is 3.02. The molecule has 2 aromatic rings. The molecule has 0 spiro atoms. The maximum absolute atomic E-state index is 12.3. The highest BCUT2D eigenvalue weighted by molar-refractivity contribution is 5.95. The first-order valence-electron chi connectivity index (χ1n) is 6.49. The van der Waals surface area contributed by atoms with Gasteiger partial charge in [-0.1, -0.05) is 24.6 Å². The number of benzene rings is 1. The van der Waals surface area contributed by atoms with Crippen molar-refractivity contribution in [3.05, 3.63) is 53.1 Å². The van der Waals surface area contributed by atoms with Gasteiger partial charge in [0.1, 0.15) is 5.82 Å². The van der Waals surface area contributed by atoms with Crippen molar-refractivity contribution >= 4 is 5.91 Å². The molecule has 0 fully saturated rings. The van der Waals surface area contributed by atoms with E-state index in [1.54, 1.807) is 12.4 Å². The molecule has 4 heteroatoms. The van der Waals surface area contributed by atoms with Crippen LogP contribution in [0.2, 0.25) is 0 Å². The molecule has 19 heavy (non-hydrogen) atoms. The molecule has 4 nitrogen and oxygen atoms in total. The minimum Gasteiger partial charge on any atom is -0.347 e. The van der Waals surface area contributed by atoms with Gasteiger partial charge in [-0.25, -0.2) is 4.98 Å². The van der Waals surface area contributed by atoms with E-state index in [1.165, 1.54) is 0 Å². The smallest absolute Gasteiger partial charge is 0.252 e. The lowest BCUT2D eigenvalue weighted by atomic mass is 10.0. The molecule has 0 aliphatic rings. The molecular formula is C15H19N3O. The highest BCUT2D eigenvalue weighted by Gasteiger charge is 2.16. The Bertz CT molecular complexity index is 561. The number of amides is 1. The van der Waals surface area contributed by atoms with Crippen molar-refractivity contribution in [2.24, 2.45) is 0 Å². The van der Waals surface area contributed by atoms with Gasteiger partial charge in [0.15, 0.2) is 0 Å². The van der Waals surface area contributed by atoms with E-state index in [0.29, 0.717) is 0 Å². The summed E-state index contributed by atoms with van der Waals surface area (Å²) in [6.45, 7) is 6.00. The number of nitrogens with one attached hydrogen (secondary N) is 2. The molecule has 2 N–H and O–H groups in total. The van der Waals surface area contributed by atoms with Crippen LogP contribution < -0.4 is 5.32 Å². The number of aryl methyl sites for hydroxylation is 2. The molecule has 1 atom stereocenters. The Morgan fingerprint density at radius 3 is 2.79 bits per heavy atom. The highest BCUT2D eigenvalue weighted by atomic mass is 16.1. The molecule has 0 aliphatic heterocycles. The van der Waals surface area contributed by atoms with Crippen molar-refractivity contribution in [2.45, 2.75) is 33.2 Å². The summed E-state index contributed by atoms with van der Waals surface area (Å²) in [7, 11) is 0. The number of carbonyl (C=O) groups excluding carboxylic acids is 1. The Balaban J connectivity index is 2.16. The number of hydrogen-bond donors (Lipinski definition) is 2. The summed E-state index contributed by atoms with van der Waals surface area (Å²) >= 11 is 0. The number of hydrogen-bond acceptors (Lipinski definition) is 2. The number of carbonyl (C=O) groups is 1. The highest BCUT2D eigenvalue weighted by Crippen LogP contribution is 2.15. The Hall–Kier alpha value is -2.10. The Morgan fingerprint density at radius 1 is 1.42 bits per heavy atom. The van der Waals surface area contributed by atoms with Crippen molar-refractivity contribution in [3.8, 4) is 0 Å². The first-order chi connectivity index (χ1) is 9.11. The van der Waals surface area contributed by atoms with Crippen molar-refractivity contribution in [1.29, 1.82) is 0 Å². The Labute approximate surface area is 113 Å². The van der Waals surface area contributed by atoms with Crippen LogP contribution in [0.4, 0.5) is 0 Å². The minimum atomic E-state index is -0.0804. The predicted octanol–water partition coefficient (Wildman–Crippen LogP) is 2.91. The van der Waals surface area contributed by atoms with Crippen molar-refractivity contribution in [1.82, 2.24) is 15.3 Å². The molecule has 1 aromatic carbocycles. The monoisotopic (exact) mass is 257 g/mol. The molecule has 0 saturated heterocycles. The second-order valence-corrected chi connectivity index (χ2v) is 4.73. The summed E-state index contributed by atoms with van der Waals surface area (Å²) in [6, 6.07) is 5.76. The van der Waals surface area contributed by atoms with Crippen LogP contribution in [-0.2, 0) is 0 Å². The summed E-state index contributed by atoms with van der Waals surface area (Å²) in [5.74, 6) is 0.737. The van der Waals surface area contributed by atoms with Crippen molar-refractivity contribution in [2.75, 3.05) is 0 Å². The van der Waals surface area contributed by atoms with Gasteiger partial charge in [-0.3, -0.25) is 4.79 Å². The van der Waals surface area contributed by atoms with Gasteiger partial charge in [0, 0.05) is 18.0 Å². The molecule has 0 bridgehead atoms. The van der Waals surface area contributed by atoms with Gasteiger partial charge in [0.2, 0.25) is 0 Å². The molecule has 1 amide bonds. The molecule has 100 valence electrons. The fourth-order valence-electron chi connectivity index (χ4n) is 2.14. The largest absolute Gasteiger partial charge is 0.347 e. The van der Waals surface area contributed by atoms with E-state index in [0.717, 1.165) is 28.9 Å². The third-order valence-corrected chi connectivity index (χ3v) is 3.19. The number of H-pyrrole nitrogens is 1. The maximum Gasteiger partial charge on any atom is 0.252 e. The Kier molecular flexibility index (Phi) is 4.00. The van der Waals surface area contributed by atoms with E-state index in [2.05, 4.69) is 15.3 Å². The van der Waals surface area contributed by atoms with Gasteiger partial charge in [-0.05, 0) is 31.9 Å². The lowest BCUT2D eigenvalue weighted by molar-refractivity contribution is 0.0933. The second kappa shape index (κ2) is 5.69. The normalized spacial score (nSPS) is 12.2. The van der Waals surface area contributed by atoms with Crippen LogP contribution in [0.25, 0.3) is 0 Å². The second-order valence-electron chi connectivity index (χ2n) is 4.73. The Morgan fingerprint density at radius 2 is 2.21 bits per heavy atom. The van der Waals surface area contributed by atoms with Crippen molar-refractivity contribution < 1.29 is 4.79 Å². The zero-order valence-electron chi connectivity index (χ0n) is 11.5. The van der Waals surface area contributed by atoms with Crippen LogP contribution in [0.15, 0.2) is 30.6 Å². The summed E-state index contributed by atoms with van der Waals surface area (Å²) in [5.41, 5.74) is 2.87. The molecule has 2 rings (SSSR count). The van der Waals surface area contributed by atoms with E-state index in [9.17, 15) is 4.79 Å². The van der Waals surface area contributed by atoms with Crippen LogP contribution in [0.5, 0.6) is 0 Å². The molecule has 1 aromatic heterocycles. The fourth-order valence-corrected chi connectivity index (χ4v) is 2.14. The number of imidazole rings is 1. The van der Waals surface area contributed by atoms with Crippen LogP contribution in [-0.4, -0.2) is 15.9 Å². The van der Waals surface area contributed by atoms with Gasteiger partial charge >= 0.3 is 0 Å². The van der Waals surface area contributed by atoms with Gasteiger partial charge in [0.25, 0.3) is 5.91 Å². The summed E-state index contributed by atoms with van der Waals surface area (Å²) < 4.78 is 0. The quantitative estimate of drug-likeness (QED) is 0.884. The minimum absolute atomic E-state index is 0.0549. The molecule has 1 heterocycles. The third-order valence-electron chi connectivity index (χ3n) is 3.19. The van der Waals surface area contributed by atoms with Gasteiger partial charge < -0.3 is 10.3 Å². The number of aromatic amines is 1. The first-order valence-corrected chi connectivity index (χ1v) is 6.49. The zero-order chi connectivity index (χ0) is 13.8. The van der Waals surface area contributed by atoms with Crippen LogP contribution in [0.1, 0.15) is 46.7 Å². The molecular weight excluding hydrogens is 238 g/mol. The van der Waals surface area contributed by atoms with Gasteiger partial charge in [0.05, 0.1) is 6.04 Å². The number of nitrogens with zero attached hydrogens (tertiary/aromatic N) is 1. The maximum atomic E-state index is 12.3. The van der Waals surface area contributed by atoms with Crippen LogP contribution >= 0.6 is 0 Å². The molecule has 0 saturated carbocycles. The van der Waals surface area contributed by atoms with Gasteiger partial charge in [-0.15, -0.1) is 0 Å². The van der Waals surface area contributed by atoms with Crippen molar-refractivity contribution in [3.63, 3.8) is 0 Å². The van der Waals surface area contributed by atoms with E-state index in [1.807, 2.05) is 39.0 Å². The molecule has 0 radical (unpaired) electrons. The number of rotatable bonds is 4. The van der Waals surface area contributed by atoms with E-state index < -0.39 is 0 Å². The standard InChI is InChI=1S/C15H19N3O/c1-4-13(14-16-7-8-17-14)18-15(19)12-6-5-10(2)9-11(12)3/h5-9,13H,4H2,1-3H3,(H,16,17)(H,18,19). The number of aromatic nitrogens is 2. The topological polar surface area (TPSA) is 57.8 Å². The fraction of sp³-hybridized carbons (Fsp3) is 0.333. The van der Waals surface area contributed by atoms with Crippen LogP contribution in [0, 0.1) is 13.8 Å². The average Bonchev–Trinajstić information content (AvgIpc) is 2.89. The van der Waals surface area contributed by atoms with E-state index in [-0.39, 0.29) is 11.9 Å². The van der Waals surface area contributed by atoms with Crippen LogP contribution in [0.3, 0.4) is 0 Å². The SMILES string of the molecule is CCC(NC(=O)c1ccc(C)cc1C)c1ncc[nH]1.